The number of aromatic nitrogens is 2. The van der Waals surface area contributed by atoms with Crippen LogP contribution < -0.4 is 10.6 Å². The largest absolute Gasteiger partial charge is 0.346 e. The number of anilines is 2. The second-order valence-electron chi connectivity index (χ2n) is 5.62. The van der Waals surface area contributed by atoms with Crippen LogP contribution in [0.2, 0.25) is 5.02 Å². The first-order valence-electron chi connectivity index (χ1n) is 6.51. The second kappa shape index (κ2) is 6.10. The van der Waals surface area contributed by atoms with Crippen molar-refractivity contribution in [3.63, 3.8) is 0 Å². The van der Waals surface area contributed by atoms with Crippen molar-refractivity contribution in [1.29, 1.82) is 0 Å². The summed E-state index contributed by atoms with van der Waals surface area (Å²) in [5.74, 6) is 0.317. The number of amides is 1. The third-order valence-corrected chi connectivity index (χ3v) is 2.74. The third kappa shape index (κ3) is 4.72. The van der Waals surface area contributed by atoms with Crippen molar-refractivity contribution in [3.05, 3.63) is 47.4 Å². The maximum atomic E-state index is 11.9. The number of nitrogens with zero attached hydrogens (tertiary/aromatic N) is 2. The number of hydrogen-bond acceptors (Lipinski definition) is 4. The molecule has 5 nitrogen and oxygen atoms in total. The Labute approximate surface area is 128 Å². The van der Waals surface area contributed by atoms with Crippen LogP contribution in [-0.4, -0.2) is 21.4 Å². The Morgan fingerprint density at radius 3 is 2.29 bits per heavy atom. The summed E-state index contributed by atoms with van der Waals surface area (Å²) in [6.45, 7) is 5.73. The van der Waals surface area contributed by atoms with E-state index in [0.717, 1.165) is 5.69 Å². The van der Waals surface area contributed by atoms with Crippen molar-refractivity contribution < 1.29 is 4.79 Å². The van der Waals surface area contributed by atoms with Gasteiger partial charge in [0.15, 0.2) is 0 Å². The highest BCUT2D eigenvalue weighted by molar-refractivity contribution is 6.30. The van der Waals surface area contributed by atoms with E-state index in [0.29, 0.717) is 10.8 Å². The van der Waals surface area contributed by atoms with E-state index in [1.54, 1.807) is 12.1 Å². The highest BCUT2D eigenvalue weighted by atomic mass is 35.5. The molecule has 0 fully saturated rings. The van der Waals surface area contributed by atoms with Gasteiger partial charge < -0.3 is 10.6 Å². The molecule has 0 radical (unpaired) electrons. The van der Waals surface area contributed by atoms with Crippen LogP contribution >= 0.6 is 11.6 Å². The Bertz CT molecular complexity index is 618. The molecular formula is C15H17ClN4O. The predicted molar refractivity (Wildman–Crippen MR) is 84.0 cm³/mol. The summed E-state index contributed by atoms with van der Waals surface area (Å²) in [6, 6.07) is 7.24. The number of hydrogen-bond donors (Lipinski definition) is 2. The van der Waals surface area contributed by atoms with Gasteiger partial charge in [0.2, 0.25) is 0 Å². The maximum absolute atomic E-state index is 11.9. The standard InChI is InChI=1S/C15H17ClN4O/c1-15(2,3)20-14(21)12-8-18-13(9-17-12)19-11-6-4-10(16)5-7-11/h4-9H,1-3H3,(H,18,19)(H,20,21). The summed E-state index contributed by atoms with van der Waals surface area (Å²) < 4.78 is 0. The lowest BCUT2D eigenvalue weighted by Gasteiger charge is -2.19. The number of carbonyl (C=O) groups excluding carboxylic acids is 1. The molecule has 0 atom stereocenters. The van der Waals surface area contributed by atoms with Gasteiger partial charge in [0, 0.05) is 16.2 Å². The van der Waals surface area contributed by atoms with Crippen LogP contribution in [0, 0.1) is 0 Å². The van der Waals surface area contributed by atoms with E-state index in [1.165, 1.54) is 12.4 Å². The molecule has 1 heterocycles. The van der Waals surface area contributed by atoms with Gasteiger partial charge in [-0.3, -0.25) is 4.79 Å². The first-order valence-corrected chi connectivity index (χ1v) is 6.88. The summed E-state index contributed by atoms with van der Waals surface area (Å²) in [5, 5.41) is 6.58. The molecule has 6 heteroatoms. The fraction of sp³-hybridized carbons (Fsp3) is 0.267. The van der Waals surface area contributed by atoms with E-state index in [4.69, 9.17) is 11.6 Å². The van der Waals surface area contributed by atoms with Crippen LogP contribution in [0.1, 0.15) is 31.3 Å². The molecule has 1 aromatic heterocycles. The van der Waals surface area contributed by atoms with Gasteiger partial charge in [-0.05, 0) is 45.0 Å². The maximum Gasteiger partial charge on any atom is 0.271 e. The second-order valence-corrected chi connectivity index (χ2v) is 6.06. The van der Waals surface area contributed by atoms with Gasteiger partial charge in [0.25, 0.3) is 5.91 Å². The molecule has 0 saturated carbocycles. The fourth-order valence-electron chi connectivity index (χ4n) is 1.60. The molecule has 0 spiro atoms. The lowest BCUT2D eigenvalue weighted by Crippen LogP contribution is -2.40. The van der Waals surface area contributed by atoms with Crippen LogP contribution in [0.25, 0.3) is 0 Å². The summed E-state index contributed by atoms with van der Waals surface area (Å²) in [5.41, 5.74) is 0.825. The van der Waals surface area contributed by atoms with Crippen LogP contribution in [0.5, 0.6) is 0 Å². The number of halogens is 1. The van der Waals surface area contributed by atoms with Crippen LogP contribution in [0.3, 0.4) is 0 Å². The zero-order valence-electron chi connectivity index (χ0n) is 12.1. The van der Waals surface area contributed by atoms with Gasteiger partial charge in [-0.15, -0.1) is 0 Å². The summed E-state index contributed by atoms with van der Waals surface area (Å²) in [6.07, 6.45) is 2.96. The monoisotopic (exact) mass is 304 g/mol. The smallest absolute Gasteiger partial charge is 0.271 e. The molecule has 110 valence electrons. The third-order valence-electron chi connectivity index (χ3n) is 2.49. The number of nitrogens with one attached hydrogen (secondary N) is 2. The van der Waals surface area contributed by atoms with Crippen molar-refractivity contribution >= 4 is 29.0 Å². The average molecular weight is 305 g/mol. The molecule has 2 rings (SSSR count). The van der Waals surface area contributed by atoms with E-state index in [2.05, 4.69) is 20.6 Å². The van der Waals surface area contributed by atoms with Crippen LogP contribution in [0.15, 0.2) is 36.7 Å². The van der Waals surface area contributed by atoms with E-state index >= 15 is 0 Å². The van der Waals surface area contributed by atoms with Crippen molar-refractivity contribution in [2.45, 2.75) is 26.3 Å². The van der Waals surface area contributed by atoms with E-state index in [1.807, 2.05) is 32.9 Å². The minimum atomic E-state index is -0.307. The molecule has 0 aliphatic carbocycles. The minimum absolute atomic E-state index is 0.243. The number of carbonyl (C=O) groups is 1. The van der Waals surface area contributed by atoms with Crippen LogP contribution in [-0.2, 0) is 0 Å². The molecule has 0 aliphatic heterocycles. The topological polar surface area (TPSA) is 66.9 Å². The lowest BCUT2D eigenvalue weighted by atomic mass is 10.1. The molecule has 0 aliphatic rings. The molecule has 1 amide bonds. The Balaban J connectivity index is 2.05. The first kappa shape index (κ1) is 15.3. The molecule has 2 N–H and O–H groups in total. The van der Waals surface area contributed by atoms with Gasteiger partial charge in [0.1, 0.15) is 11.5 Å². The SMILES string of the molecule is CC(C)(C)NC(=O)c1cnc(Nc2ccc(Cl)cc2)cn1. The van der Waals surface area contributed by atoms with Gasteiger partial charge in [-0.25, -0.2) is 9.97 Å². The fourth-order valence-corrected chi connectivity index (χ4v) is 1.72. The Morgan fingerprint density at radius 1 is 1.10 bits per heavy atom. The molecule has 0 bridgehead atoms. The quantitative estimate of drug-likeness (QED) is 0.912. The molecule has 1 aromatic carbocycles. The van der Waals surface area contributed by atoms with Crippen molar-refractivity contribution in [2.24, 2.45) is 0 Å². The Kier molecular flexibility index (Phi) is 4.43. The zero-order chi connectivity index (χ0) is 15.5. The summed E-state index contributed by atoms with van der Waals surface area (Å²) in [4.78, 5) is 20.2. The number of benzene rings is 1. The molecule has 2 aromatic rings. The van der Waals surface area contributed by atoms with Gasteiger partial charge >= 0.3 is 0 Å². The molecule has 0 saturated heterocycles. The minimum Gasteiger partial charge on any atom is -0.346 e. The van der Waals surface area contributed by atoms with Crippen LogP contribution in [0.4, 0.5) is 11.5 Å². The van der Waals surface area contributed by atoms with Gasteiger partial charge in [0.05, 0.1) is 12.4 Å². The van der Waals surface area contributed by atoms with E-state index in [9.17, 15) is 4.79 Å². The number of rotatable bonds is 3. The predicted octanol–water partition coefficient (Wildman–Crippen LogP) is 3.40. The molecule has 0 unspecified atom stereocenters. The highest BCUT2D eigenvalue weighted by Crippen LogP contribution is 2.17. The summed E-state index contributed by atoms with van der Waals surface area (Å²) >= 11 is 5.82. The van der Waals surface area contributed by atoms with Crippen molar-refractivity contribution in [1.82, 2.24) is 15.3 Å². The average Bonchev–Trinajstić information content (AvgIpc) is 2.40. The van der Waals surface area contributed by atoms with Crippen molar-refractivity contribution in [2.75, 3.05) is 5.32 Å². The molecular weight excluding hydrogens is 288 g/mol. The Hall–Kier alpha value is -2.14. The van der Waals surface area contributed by atoms with E-state index < -0.39 is 0 Å². The molecule has 21 heavy (non-hydrogen) atoms. The Morgan fingerprint density at radius 2 is 1.76 bits per heavy atom. The van der Waals surface area contributed by atoms with E-state index in [-0.39, 0.29) is 17.1 Å². The zero-order valence-corrected chi connectivity index (χ0v) is 12.9. The van der Waals surface area contributed by atoms with Gasteiger partial charge in [-0.1, -0.05) is 11.6 Å². The first-order chi connectivity index (χ1) is 9.83. The highest BCUT2D eigenvalue weighted by Gasteiger charge is 2.16. The van der Waals surface area contributed by atoms with Gasteiger partial charge in [-0.2, -0.15) is 0 Å². The lowest BCUT2D eigenvalue weighted by molar-refractivity contribution is 0.0914. The summed E-state index contributed by atoms with van der Waals surface area (Å²) in [7, 11) is 0. The van der Waals surface area contributed by atoms with Crippen molar-refractivity contribution in [3.8, 4) is 0 Å². The normalized spacial score (nSPS) is 11.0.